The fourth-order valence-corrected chi connectivity index (χ4v) is 3.81. The lowest BCUT2D eigenvalue weighted by Crippen LogP contribution is -2.47. The van der Waals surface area contributed by atoms with E-state index in [-0.39, 0.29) is 30.5 Å². The van der Waals surface area contributed by atoms with Crippen molar-refractivity contribution in [1.82, 2.24) is 5.32 Å². The summed E-state index contributed by atoms with van der Waals surface area (Å²) in [6.07, 6.45) is 5.01. The molecule has 3 N–H and O–H groups in total. The molecule has 1 aliphatic carbocycles. The first-order chi connectivity index (χ1) is 14.1. The molecule has 1 aliphatic heterocycles. The minimum Gasteiger partial charge on any atom is -0.396 e. The normalized spacial score (nSPS) is 25.7. The summed E-state index contributed by atoms with van der Waals surface area (Å²) in [6, 6.07) is 0. The molecule has 7 heteroatoms. The zero-order valence-corrected chi connectivity index (χ0v) is 19.3. The highest BCUT2D eigenvalue weighted by Gasteiger charge is 2.34. The van der Waals surface area contributed by atoms with Gasteiger partial charge in [-0.15, -0.1) is 0 Å². The fourth-order valence-electron chi connectivity index (χ4n) is 3.81. The Morgan fingerprint density at radius 3 is 2.53 bits per heavy atom. The topological polar surface area (TPSA) is 97.3 Å². The van der Waals surface area contributed by atoms with Crippen LogP contribution in [-0.2, 0) is 19.0 Å². The van der Waals surface area contributed by atoms with Gasteiger partial charge in [0.05, 0.1) is 31.5 Å². The van der Waals surface area contributed by atoms with Crippen molar-refractivity contribution in [3.8, 4) is 0 Å². The van der Waals surface area contributed by atoms with Crippen LogP contribution in [0.4, 0.5) is 0 Å². The first kappa shape index (κ1) is 25.5. The van der Waals surface area contributed by atoms with Gasteiger partial charge in [0.25, 0.3) is 0 Å². The zero-order chi connectivity index (χ0) is 22.2. The van der Waals surface area contributed by atoms with E-state index in [4.69, 9.17) is 14.2 Å². The van der Waals surface area contributed by atoms with Gasteiger partial charge in [0.2, 0.25) is 5.91 Å². The van der Waals surface area contributed by atoms with Crippen LogP contribution in [0, 0.1) is 17.3 Å². The Morgan fingerprint density at radius 2 is 1.90 bits per heavy atom. The number of hydrogen-bond acceptors (Lipinski definition) is 6. The van der Waals surface area contributed by atoms with Gasteiger partial charge >= 0.3 is 0 Å². The smallest absolute Gasteiger partial charge is 0.220 e. The fraction of sp³-hybridized carbons (Fsp3) is 0.957. The highest BCUT2D eigenvalue weighted by molar-refractivity contribution is 5.75. The number of ether oxygens (including phenoxy) is 3. The molecule has 30 heavy (non-hydrogen) atoms. The first-order valence-corrected chi connectivity index (χ1v) is 11.5. The van der Waals surface area contributed by atoms with Crippen LogP contribution in [0.1, 0.15) is 66.2 Å². The molecule has 2 rings (SSSR count). The molecule has 176 valence electrons. The second-order valence-corrected chi connectivity index (χ2v) is 10.5. The quantitative estimate of drug-likeness (QED) is 0.416. The highest BCUT2D eigenvalue weighted by atomic mass is 16.6. The molecule has 2 fully saturated rings. The molecule has 3 atom stereocenters. The monoisotopic (exact) mass is 429 g/mol. The average molecular weight is 430 g/mol. The number of amides is 1. The Kier molecular flexibility index (Phi) is 10.0. The van der Waals surface area contributed by atoms with E-state index in [1.165, 1.54) is 19.3 Å². The first-order valence-electron chi connectivity index (χ1n) is 11.5. The van der Waals surface area contributed by atoms with Gasteiger partial charge in [-0.3, -0.25) is 4.79 Å². The zero-order valence-electron chi connectivity index (χ0n) is 19.3. The molecular formula is C23H43NO6. The second kappa shape index (κ2) is 11.8. The lowest BCUT2D eigenvalue weighted by Gasteiger charge is -2.36. The van der Waals surface area contributed by atoms with E-state index in [0.29, 0.717) is 39.2 Å². The van der Waals surface area contributed by atoms with Crippen molar-refractivity contribution in [2.75, 3.05) is 39.6 Å². The summed E-state index contributed by atoms with van der Waals surface area (Å²) in [6.45, 7) is 10.3. The molecule has 1 saturated carbocycles. The number of carbonyl (C=O) groups is 1. The van der Waals surface area contributed by atoms with Gasteiger partial charge in [0.15, 0.2) is 0 Å². The molecular weight excluding hydrogens is 386 g/mol. The summed E-state index contributed by atoms with van der Waals surface area (Å²) in [7, 11) is 0. The standard InChI is InChI=1S/C23H43NO6/c1-22(2,14-24-20(26)9-8-17-6-5-7-17)15-28-16-23(3,4)30-13-19-21(27)18(12-25)10-11-29-19/h17-19,21,25,27H,5-16H2,1-4H3,(H,24,26). The minimum absolute atomic E-state index is 0.0419. The van der Waals surface area contributed by atoms with Crippen molar-refractivity contribution in [3.05, 3.63) is 0 Å². The van der Waals surface area contributed by atoms with Gasteiger partial charge in [0.1, 0.15) is 6.10 Å². The Bertz CT molecular complexity index is 520. The van der Waals surface area contributed by atoms with Crippen LogP contribution in [0.3, 0.4) is 0 Å². The number of hydrogen-bond donors (Lipinski definition) is 3. The van der Waals surface area contributed by atoms with Gasteiger partial charge in [-0.25, -0.2) is 0 Å². The number of aliphatic hydroxyl groups excluding tert-OH is 2. The third-order valence-corrected chi connectivity index (χ3v) is 6.27. The van der Waals surface area contributed by atoms with Crippen LogP contribution in [0.15, 0.2) is 0 Å². The predicted molar refractivity (Wildman–Crippen MR) is 115 cm³/mol. The Morgan fingerprint density at radius 1 is 1.17 bits per heavy atom. The molecule has 0 aromatic rings. The SMILES string of the molecule is CC(C)(CNC(=O)CCC1CCC1)COCC(C)(C)OCC1OCCC(CO)C1O. The molecule has 0 aromatic heterocycles. The summed E-state index contributed by atoms with van der Waals surface area (Å²) < 4.78 is 17.5. The highest BCUT2D eigenvalue weighted by Crippen LogP contribution is 2.30. The molecule has 0 bridgehead atoms. The molecule has 7 nitrogen and oxygen atoms in total. The molecule has 0 spiro atoms. The van der Waals surface area contributed by atoms with Crippen LogP contribution >= 0.6 is 0 Å². The third kappa shape index (κ3) is 8.79. The van der Waals surface area contributed by atoms with Crippen molar-refractivity contribution in [2.24, 2.45) is 17.3 Å². The average Bonchev–Trinajstić information content (AvgIpc) is 2.64. The van der Waals surface area contributed by atoms with Crippen LogP contribution in [0.2, 0.25) is 0 Å². The van der Waals surface area contributed by atoms with Gasteiger partial charge in [-0.05, 0) is 32.6 Å². The molecule has 1 heterocycles. The Balaban J connectivity index is 1.62. The van der Waals surface area contributed by atoms with E-state index in [1.54, 1.807) is 0 Å². The van der Waals surface area contributed by atoms with Gasteiger partial charge in [-0.2, -0.15) is 0 Å². The minimum atomic E-state index is -0.715. The van der Waals surface area contributed by atoms with E-state index in [9.17, 15) is 15.0 Å². The van der Waals surface area contributed by atoms with Crippen LogP contribution in [0.5, 0.6) is 0 Å². The second-order valence-electron chi connectivity index (χ2n) is 10.5. The van der Waals surface area contributed by atoms with E-state index in [1.807, 2.05) is 13.8 Å². The van der Waals surface area contributed by atoms with Gasteiger partial charge < -0.3 is 29.7 Å². The van der Waals surface area contributed by atoms with Crippen molar-refractivity contribution in [2.45, 2.75) is 84.0 Å². The molecule has 2 aliphatic rings. The summed E-state index contributed by atoms with van der Waals surface area (Å²) in [5, 5.41) is 22.7. The maximum atomic E-state index is 12.1. The molecule has 0 aromatic carbocycles. The van der Waals surface area contributed by atoms with Crippen LogP contribution in [-0.4, -0.2) is 73.5 Å². The summed E-state index contributed by atoms with van der Waals surface area (Å²) in [5.74, 6) is 0.728. The summed E-state index contributed by atoms with van der Waals surface area (Å²) >= 11 is 0. The van der Waals surface area contributed by atoms with E-state index in [2.05, 4.69) is 19.2 Å². The van der Waals surface area contributed by atoms with Crippen molar-refractivity contribution < 1.29 is 29.2 Å². The lowest BCUT2D eigenvalue weighted by molar-refractivity contribution is -0.169. The van der Waals surface area contributed by atoms with Crippen molar-refractivity contribution in [3.63, 3.8) is 0 Å². The van der Waals surface area contributed by atoms with E-state index >= 15 is 0 Å². The van der Waals surface area contributed by atoms with Crippen LogP contribution < -0.4 is 5.32 Å². The van der Waals surface area contributed by atoms with E-state index in [0.717, 1.165) is 12.3 Å². The number of nitrogens with one attached hydrogen (secondary N) is 1. The number of carbonyl (C=O) groups excluding carboxylic acids is 1. The molecule has 1 saturated heterocycles. The Hall–Kier alpha value is -0.730. The van der Waals surface area contributed by atoms with Crippen LogP contribution in [0.25, 0.3) is 0 Å². The number of rotatable bonds is 13. The third-order valence-electron chi connectivity index (χ3n) is 6.27. The largest absolute Gasteiger partial charge is 0.396 e. The summed E-state index contributed by atoms with van der Waals surface area (Å²) in [4.78, 5) is 12.1. The lowest BCUT2D eigenvalue weighted by atomic mass is 9.82. The maximum absolute atomic E-state index is 12.1. The maximum Gasteiger partial charge on any atom is 0.220 e. The summed E-state index contributed by atoms with van der Waals surface area (Å²) in [5.41, 5.74) is -0.698. The predicted octanol–water partition coefficient (Wildman–Crippen LogP) is 2.28. The number of aliphatic hydroxyl groups is 2. The van der Waals surface area contributed by atoms with Crippen molar-refractivity contribution >= 4 is 5.91 Å². The van der Waals surface area contributed by atoms with Gasteiger partial charge in [-0.1, -0.05) is 33.1 Å². The van der Waals surface area contributed by atoms with E-state index < -0.39 is 17.8 Å². The molecule has 0 radical (unpaired) electrons. The van der Waals surface area contributed by atoms with Gasteiger partial charge in [0, 0.05) is 37.5 Å². The Labute approximate surface area is 181 Å². The molecule has 1 amide bonds. The van der Waals surface area contributed by atoms with Crippen molar-refractivity contribution in [1.29, 1.82) is 0 Å². The molecule has 3 unspecified atom stereocenters.